The predicted octanol–water partition coefficient (Wildman–Crippen LogP) is 4.41. The molecule has 0 unspecified atom stereocenters. The van der Waals surface area contributed by atoms with Crippen LogP contribution in [0.3, 0.4) is 0 Å². The lowest BCUT2D eigenvalue weighted by Crippen LogP contribution is -2.12. The summed E-state index contributed by atoms with van der Waals surface area (Å²) in [7, 11) is 0. The maximum atomic E-state index is 12.4. The van der Waals surface area contributed by atoms with Crippen molar-refractivity contribution in [3.63, 3.8) is 0 Å². The van der Waals surface area contributed by atoms with Crippen molar-refractivity contribution in [1.29, 1.82) is 0 Å². The average molecular weight is 350 g/mol. The summed E-state index contributed by atoms with van der Waals surface area (Å²) < 4.78 is 6.39. The van der Waals surface area contributed by atoms with Gasteiger partial charge in [0, 0.05) is 17.7 Å². The van der Waals surface area contributed by atoms with Crippen LogP contribution in [0, 0.1) is 0 Å². The molecule has 2 N–H and O–H groups in total. The highest BCUT2D eigenvalue weighted by Crippen LogP contribution is 2.43. The molecule has 7 heteroatoms. The highest BCUT2D eigenvalue weighted by molar-refractivity contribution is 7.18. The van der Waals surface area contributed by atoms with Gasteiger partial charge in [0.05, 0.1) is 21.5 Å². The third kappa shape index (κ3) is 2.72. The molecule has 124 valence electrons. The van der Waals surface area contributed by atoms with Crippen molar-refractivity contribution >= 4 is 33.1 Å². The molecule has 0 spiro atoms. The largest absolute Gasteiger partial charge is 0.463 e. The summed E-state index contributed by atoms with van der Waals surface area (Å²) in [6.07, 6.45) is 4.05. The first-order valence-corrected chi connectivity index (χ1v) is 8.89. The van der Waals surface area contributed by atoms with Crippen molar-refractivity contribution < 1.29 is 9.21 Å². The molecule has 0 radical (unpaired) electrons. The number of thiazole rings is 1. The maximum Gasteiger partial charge on any atom is 0.276 e. The second-order valence-corrected chi connectivity index (χ2v) is 7.17. The first kappa shape index (κ1) is 14.4. The first-order valence-electron chi connectivity index (χ1n) is 8.07. The van der Waals surface area contributed by atoms with Crippen LogP contribution < -0.4 is 5.32 Å². The van der Waals surface area contributed by atoms with E-state index in [9.17, 15) is 4.79 Å². The van der Waals surface area contributed by atoms with E-state index in [1.807, 2.05) is 24.3 Å². The fourth-order valence-corrected chi connectivity index (χ4v) is 3.89. The van der Waals surface area contributed by atoms with Gasteiger partial charge in [-0.25, -0.2) is 4.98 Å². The summed E-state index contributed by atoms with van der Waals surface area (Å²) in [5.74, 6) is 1.02. The normalized spacial score (nSPS) is 14.1. The minimum Gasteiger partial charge on any atom is -0.463 e. The van der Waals surface area contributed by atoms with Crippen LogP contribution in [0.1, 0.15) is 34.3 Å². The molecule has 1 saturated carbocycles. The smallest absolute Gasteiger partial charge is 0.276 e. The van der Waals surface area contributed by atoms with E-state index in [1.165, 1.54) is 17.8 Å². The number of benzene rings is 1. The number of anilines is 1. The molecule has 25 heavy (non-hydrogen) atoms. The summed E-state index contributed by atoms with van der Waals surface area (Å²) in [6, 6.07) is 11.1. The molecule has 4 aromatic rings. The average Bonchev–Trinajstić information content (AvgIpc) is 3.06. The van der Waals surface area contributed by atoms with Gasteiger partial charge in [0.25, 0.3) is 5.91 Å². The number of furan rings is 1. The van der Waals surface area contributed by atoms with Crippen LogP contribution >= 0.6 is 11.3 Å². The van der Waals surface area contributed by atoms with Crippen molar-refractivity contribution in [2.24, 2.45) is 0 Å². The summed E-state index contributed by atoms with van der Waals surface area (Å²) >= 11 is 1.71. The van der Waals surface area contributed by atoms with Gasteiger partial charge < -0.3 is 9.73 Å². The molecule has 1 fully saturated rings. The van der Waals surface area contributed by atoms with Crippen molar-refractivity contribution in [2.45, 2.75) is 18.8 Å². The molecule has 5 rings (SSSR count). The van der Waals surface area contributed by atoms with E-state index < -0.39 is 0 Å². The summed E-state index contributed by atoms with van der Waals surface area (Å²) in [5, 5.41) is 11.0. The molecule has 1 aliphatic rings. The molecule has 1 aromatic carbocycles. The fraction of sp³-hybridized carbons (Fsp3) is 0.167. The predicted molar refractivity (Wildman–Crippen MR) is 95.8 cm³/mol. The van der Waals surface area contributed by atoms with Gasteiger partial charge >= 0.3 is 0 Å². The third-order valence-corrected chi connectivity index (χ3v) is 5.37. The van der Waals surface area contributed by atoms with Crippen LogP contribution in [-0.2, 0) is 0 Å². The molecule has 0 saturated heterocycles. The van der Waals surface area contributed by atoms with Crippen molar-refractivity contribution in [1.82, 2.24) is 15.2 Å². The second kappa shape index (κ2) is 5.56. The standard InChI is InChI=1S/C18H14N4O2S/c23-17(14-9-13(21-22-14)15-2-1-7-24-15)19-11-5-6-12-16(8-11)25-18(20-12)10-3-4-10/h1-2,5-10H,3-4H2,(H,19,23)(H,21,22). The lowest BCUT2D eigenvalue weighted by Gasteiger charge is -2.02. The Balaban J connectivity index is 1.37. The highest BCUT2D eigenvalue weighted by Gasteiger charge is 2.27. The Hall–Kier alpha value is -2.93. The van der Waals surface area contributed by atoms with Crippen molar-refractivity contribution in [2.75, 3.05) is 5.32 Å². The van der Waals surface area contributed by atoms with Crippen LogP contribution in [0.2, 0.25) is 0 Å². The first-order chi connectivity index (χ1) is 12.3. The third-order valence-electron chi connectivity index (χ3n) is 4.19. The fourth-order valence-electron chi connectivity index (χ4n) is 2.72. The Bertz CT molecular complexity index is 1060. The molecule has 1 amide bonds. The number of aromatic amines is 1. The van der Waals surface area contributed by atoms with Gasteiger partial charge in [-0.15, -0.1) is 11.3 Å². The molecular formula is C18H14N4O2S. The summed E-state index contributed by atoms with van der Waals surface area (Å²) in [6.45, 7) is 0. The molecule has 0 atom stereocenters. The minimum absolute atomic E-state index is 0.264. The summed E-state index contributed by atoms with van der Waals surface area (Å²) in [4.78, 5) is 17.1. The van der Waals surface area contributed by atoms with Crippen LogP contribution in [0.15, 0.2) is 47.1 Å². The topological polar surface area (TPSA) is 83.8 Å². The summed E-state index contributed by atoms with van der Waals surface area (Å²) in [5.41, 5.74) is 2.72. The lowest BCUT2D eigenvalue weighted by atomic mass is 10.2. The molecule has 1 aliphatic carbocycles. The van der Waals surface area contributed by atoms with Crippen LogP contribution in [-0.4, -0.2) is 21.1 Å². The van der Waals surface area contributed by atoms with Crippen molar-refractivity contribution in [3.8, 4) is 11.5 Å². The second-order valence-electron chi connectivity index (χ2n) is 6.11. The zero-order chi connectivity index (χ0) is 16.8. The number of amides is 1. The Kier molecular flexibility index (Phi) is 3.21. The van der Waals surface area contributed by atoms with Gasteiger partial charge in [-0.05, 0) is 43.2 Å². The number of carbonyl (C=O) groups excluding carboxylic acids is 1. The Labute approximate surface area is 146 Å². The number of hydrogen-bond acceptors (Lipinski definition) is 5. The lowest BCUT2D eigenvalue weighted by molar-refractivity contribution is 0.102. The van der Waals surface area contributed by atoms with E-state index in [-0.39, 0.29) is 5.91 Å². The molecule has 3 aromatic heterocycles. The van der Waals surface area contributed by atoms with Gasteiger partial charge in [-0.3, -0.25) is 9.89 Å². The van der Waals surface area contributed by atoms with Gasteiger partial charge in [0.2, 0.25) is 0 Å². The molecule has 0 aliphatic heterocycles. The van der Waals surface area contributed by atoms with Crippen LogP contribution in [0.4, 0.5) is 5.69 Å². The number of fused-ring (bicyclic) bond motifs is 1. The zero-order valence-electron chi connectivity index (χ0n) is 13.2. The van der Waals surface area contributed by atoms with E-state index in [4.69, 9.17) is 4.42 Å². The Morgan fingerprint density at radius 2 is 2.20 bits per heavy atom. The highest BCUT2D eigenvalue weighted by atomic mass is 32.1. The molecule has 0 bridgehead atoms. The van der Waals surface area contributed by atoms with Crippen LogP contribution in [0.5, 0.6) is 0 Å². The van der Waals surface area contributed by atoms with E-state index >= 15 is 0 Å². The monoisotopic (exact) mass is 350 g/mol. The quantitative estimate of drug-likeness (QED) is 0.571. The number of nitrogens with one attached hydrogen (secondary N) is 2. The molecule has 3 heterocycles. The SMILES string of the molecule is O=C(Nc1ccc2nc(C3CC3)sc2c1)c1cc(-c2ccco2)[nH]n1. The minimum atomic E-state index is -0.264. The number of aromatic nitrogens is 3. The maximum absolute atomic E-state index is 12.4. The van der Waals surface area contributed by atoms with E-state index in [2.05, 4.69) is 20.5 Å². The number of hydrogen-bond donors (Lipinski definition) is 2. The molecule has 6 nitrogen and oxygen atoms in total. The van der Waals surface area contributed by atoms with Gasteiger partial charge in [-0.2, -0.15) is 5.10 Å². The van der Waals surface area contributed by atoms with Crippen LogP contribution in [0.25, 0.3) is 21.7 Å². The van der Waals surface area contributed by atoms with E-state index in [0.29, 0.717) is 23.1 Å². The van der Waals surface area contributed by atoms with Gasteiger partial charge in [-0.1, -0.05) is 0 Å². The number of H-pyrrole nitrogens is 1. The number of nitrogens with zero attached hydrogens (tertiary/aromatic N) is 2. The Morgan fingerprint density at radius 3 is 3.00 bits per heavy atom. The Morgan fingerprint density at radius 1 is 1.28 bits per heavy atom. The molecular weight excluding hydrogens is 336 g/mol. The van der Waals surface area contributed by atoms with Crippen molar-refractivity contribution in [3.05, 3.63) is 53.4 Å². The number of rotatable bonds is 4. The number of carbonyl (C=O) groups is 1. The van der Waals surface area contributed by atoms with Gasteiger partial charge in [0.15, 0.2) is 11.5 Å². The van der Waals surface area contributed by atoms with Gasteiger partial charge in [0.1, 0.15) is 5.69 Å². The zero-order valence-corrected chi connectivity index (χ0v) is 14.0. The van der Waals surface area contributed by atoms with E-state index in [0.717, 1.165) is 15.9 Å². The van der Waals surface area contributed by atoms with E-state index in [1.54, 1.807) is 29.7 Å².